The van der Waals surface area contributed by atoms with Crippen molar-refractivity contribution in [1.29, 1.82) is 0 Å². The molecule has 0 atom stereocenters. The summed E-state index contributed by atoms with van der Waals surface area (Å²) in [5.74, 6) is 0. The number of fused-ring (bicyclic) bond motifs is 1. The number of aromatic nitrogens is 3. The zero-order chi connectivity index (χ0) is 22.7. The molecule has 1 aliphatic carbocycles. The van der Waals surface area contributed by atoms with Gasteiger partial charge in [0.2, 0.25) is 0 Å². The van der Waals surface area contributed by atoms with E-state index in [0.717, 1.165) is 47.6 Å². The van der Waals surface area contributed by atoms with E-state index in [0.29, 0.717) is 0 Å². The predicted molar refractivity (Wildman–Crippen MR) is 130 cm³/mol. The molecule has 3 aromatic rings. The summed E-state index contributed by atoms with van der Waals surface area (Å²) < 4.78 is 4.83. The monoisotopic (exact) mass is 450 g/mol. The quantitative estimate of drug-likeness (QED) is 0.516. The van der Waals surface area contributed by atoms with E-state index in [1.165, 1.54) is 23.1 Å². The molecule has 2 heterocycles. The Labute approximate surface area is 193 Å². The van der Waals surface area contributed by atoms with Crippen molar-refractivity contribution in [2.75, 3.05) is 26.0 Å². The second-order valence-electron chi connectivity index (χ2n) is 9.03. The molecule has 0 spiro atoms. The summed E-state index contributed by atoms with van der Waals surface area (Å²) in [6.07, 6.45) is 8.67. The Kier molecular flexibility index (Phi) is 6.53. The number of nitrogens with one attached hydrogen (secondary N) is 2. The maximum absolute atomic E-state index is 12.8. The van der Waals surface area contributed by atoms with Gasteiger partial charge in [-0.25, -0.2) is 4.79 Å². The third-order valence-electron chi connectivity index (χ3n) is 5.63. The number of benzene rings is 1. The highest BCUT2D eigenvalue weighted by atomic mass is 32.2. The van der Waals surface area contributed by atoms with Crippen LogP contribution in [0.2, 0.25) is 0 Å². The van der Waals surface area contributed by atoms with Crippen LogP contribution in [0.1, 0.15) is 31.4 Å². The Bertz CT molecular complexity index is 1090. The molecule has 7 nitrogen and oxygen atoms in total. The number of urea groups is 1. The van der Waals surface area contributed by atoms with E-state index in [1.807, 2.05) is 49.4 Å². The number of amides is 2. The molecule has 2 aromatic heterocycles. The number of carbonyl (C=O) groups excluding carboxylic acids is 1. The third kappa shape index (κ3) is 4.97. The first-order valence-corrected chi connectivity index (χ1v) is 11.6. The van der Waals surface area contributed by atoms with Gasteiger partial charge in [0.05, 0.1) is 11.2 Å². The van der Waals surface area contributed by atoms with Crippen molar-refractivity contribution in [2.24, 2.45) is 0 Å². The Morgan fingerprint density at radius 2 is 2.06 bits per heavy atom. The standard InChI is InChI=1S/C24H30N6OS/c1-24(2,16-29(3)4)30-14-12-21(27-30)32-28-23(31)26-22-19-9-5-7-17(19)10-11-20(22)18-8-6-13-25-15-18/h6,8,10-15H,5,7,9,16H2,1-4H3,(H2,26,28,31). The molecule has 2 N–H and O–H groups in total. The van der Waals surface area contributed by atoms with Crippen molar-refractivity contribution in [3.8, 4) is 11.1 Å². The maximum atomic E-state index is 12.8. The summed E-state index contributed by atoms with van der Waals surface area (Å²) in [6, 6.07) is 9.84. The lowest BCUT2D eigenvalue weighted by Gasteiger charge is -2.28. The average molecular weight is 451 g/mol. The summed E-state index contributed by atoms with van der Waals surface area (Å²) >= 11 is 1.22. The number of likely N-dealkylation sites (N-methyl/N-ethyl adjacent to an activating group) is 1. The first-order valence-electron chi connectivity index (χ1n) is 10.8. The molecule has 0 saturated heterocycles. The van der Waals surface area contributed by atoms with Crippen molar-refractivity contribution in [3.05, 3.63) is 60.0 Å². The molecule has 0 aliphatic heterocycles. The molecule has 0 saturated carbocycles. The summed E-state index contributed by atoms with van der Waals surface area (Å²) in [7, 11) is 4.10. The van der Waals surface area contributed by atoms with Crippen LogP contribution in [0, 0.1) is 0 Å². The van der Waals surface area contributed by atoms with Gasteiger partial charge < -0.3 is 10.2 Å². The Balaban J connectivity index is 1.47. The van der Waals surface area contributed by atoms with Crippen LogP contribution in [0.5, 0.6) is 0 Å². The second-order valence-corrected chi connectivity index (χ2v) is 9.85. The van der Waals surface area contributed by atoms with E-state index in [-0.39, 0.29) is 11.6 Å². The lowest BCUT2D eigenvalue weighted by molar-refractivity contribution is 0.221. The molecule has 1 aromatic carbocycles. The molecule has 0 radical (unpaired) electrons. The fourth-order valence-electron chi connectivity index (χ4n) is 4.35. The van der Waals surface area contributed by atoms with Crippen molar-refractivity contribution in [2.45, 2.75) is 43.7 Å². The zero-order valence-electron chi connectivity index (χ0n) is 19.1. The smallest absolute Gasteiger partial charge is 0.307 e. The number of hydrogen-bond acceptors (Lipinski definition) is 5. The van der Waals surface area contributed by atoms with Gasteiger partial charge >= 0.3 is 6.03 Å². The molecule has 2 amide bonds. The van der Waals surface area contributed by atoms with Gasteiger partial charge in [0.25, 0.3) is 0 Å². The number of carbonyl (C=O) groups is 1. The molecular formula is C24H30N6OS. The minimum Gasteiger partial charge on any atom is -0.307 e. The van der Waals surface area contributed by atoms with E-state index in [4.69, 9.17) is 0 Å². The summed E-state index contributed by atoms with van der Waals surface area (Å²) in [6.45, 7) is 5.15. The van der Waals surface area contributed by atoms with E-state index in [1.54, 1.807) is 6.20 Å². The molecule has 1 aliphatic rings. The van der Waals surface area contributed by atoms with Gasteiger partial charge in [-0.05, 0) is 70.5 Å². The Hall–Kier alpha value is -2.84. The number of hydrogen-bond donors (Lipinski definition) is 2. The van der Waals surface area contributed by atoms with Crippen molar-refractivity contribution >= 4 is 23.7 Å². The molecular weight excluding hydrogens is 420 g/mol. The van der Waals surface area contributed by atoms with E-state index < -0.39 is 0 Å². The van der Waals surface area contributed by atoms with E-state index >= 15 is 0 Å². The van der Waals surface area contributed by atoms with Crippen molar-refractivity contribution in [1.82, 2.24) is 24.4 Å². The topological polar surface area (TPSA) is 75.1 Å². The maximum Gasteiger partial charge on any atom is 0.329 e. The fourth-order valence-corrected chi connectivity index (χ4v) is 4.86. The van der Waals surface area contributed by atoms with Crippen LogP contribution in [0.25, 0.3) is 11.1 Å². The molecule has 4 rings (SSSR count). The number of anilines is 1. The highest BCUT2D eigenvalue weighted by Crippen LogP contribution is 2.37. The van der Waals surface area contributed by atoms with Gasteiger partial charge in [-0.15, -0.1) is 0 Å². The van der Waals surface area contributed by atoms with Crippen LogP contribution >= 0.6 is 11.9 Å². The first kappa shape index (κ1) is 22.4. The zero-order valence-corrected chi connectivity index (χ0v) is 19.9. The molecule has 0 unspecified atom stereocenters. The van der Waals surface area contributed by atoms with Gasteiger partial charge in [0.1, 0.15) is 5.03 Å². The van der Waals surface area contributed by atoms with E-state index in [9.17, 15) is 4.79 Å². The van der Waals surface area contributed by atoms with Crippen LogP contribution < -0.4 is 10.0 Å². The average Bonchev–Trinajstić information content (AvgIpc) is 3.42. The van der Waals surface area contributed by atoms with Crippen molar-refractivity contribution in [3.63, 3.8) is 0 Å². The lowest BCUT2D eigenvalue weighted by Crippen LogP contribution is -2.38. The largest absolute Gasteiger partial charge is 0.329 e. The highest BCUT2D eigenvalue weighted by molar-refractivity contribution is 7.97. The number of pyridine rings is 1. The predicted octanol–water partition coefficient (Wildman–Crippen LogP) is 4.56. The summed E-state index contributed by atoms with van der Waals surface area (Å²) in [5, 5.41) is 8.49. The molecule has 0 bridgehead atoms. The second kappa shape index (κ2) is 9.34. The minimum absolute atomic E-state index is 0.145. The summed E-state index contributed by atoms with van der Waals surface area (Å²) in [4.78, 5) is 19.2. The number of rotatable bonds is 7. The minimum atomic E-state index is -0.262. The van der Waals surface area contributed by atoms with Crippen LogP contribution in [0.15, 0.2) is 53.9 Å². The number of aryl methyl sites for hydroxylation is 1. The fraction of sp³-hybridized carbons (Fsp3) is 0.375. The summed E-state index contributed by atoms with van der Waals surface area (Å²) in [5.41, 5.74) is 5.25. The Morgan fingerprint density at radius 1 is 1.22 bits per heavy atom. The van der Waals surface area contributed by atoms with Crippen LogP contribution in [0.4, 0.5) is 10.5 Å². The SMILES string of the molecule is CN(C)CC(C)(C)n1ccc(SNC(=O)Nc2c(-c3cccnc3)ccc3c2CCC3)n1. The molecule has 0 fully saturated rings. The molecule has 8 heteroatoms. The van der Waals surface area contributed by atoms with Gasteiger partial charge in [-0.3, -0.25) is 14.4 Å². The van der Waals surface area contributed by atoms with Gasteiger partial charge in [-0.1, -0.05) is 18.2 Å². The van der Waals surface area contributed by atoms with Gasteiger partial charge in [0, 0.05) is 48.2 Å². The van der Waals surface area contributed by atoms with Crippen LogP contribution in [-0.2, 0) is 18.4 Å². The lowest BCUT2D eigenvalue weighted by atomic mass is 9.98. The normalized spacial score (nSPS) is 13.3. The van der Waals surface area contributed by atoms with Crippen LogP contribution in [0.3, 0.4) is 0 Å². The van der Waals surface area contributed by atoms with Crippen molar-refractivity contribution < 1.29 is 4.79 Å². The Morgan fingerprint density at radius 3 is 2.81 bits per heavy atom. The first-order chi connectivity index (χ1) is 15.3. The van der Waals surface area contributed by atoms with Gasteiger partial charge in [0.15, 0.2) is 0 Å². The highest BCUT2D eigenvalue weighted by Gasteiger charge is 2.23. The van der Waals surface area contributed by atoms with E-state index in [2.05, 4.69) is 51.0 Å². The van der Waals surface area contributed by atoms with Crippen LogP contribution in [-0.4, -0.2) is 46.3 Å². The number of nitrogens with zero attached hydrogens (tertiary/aromatic N) is 4. The van der Waals surface area contributed by atoms with Gasteiger partial charge in [-0.2, -0.15) is 5.10 Å². The molecule has 168 valence electrons. The molecule has 32 heavy (non-hydrogen) atoms. The third-order valence-corrected chi connectivity index (χ3v) is 6.34.